The van der Waals surface area contributed by atoms with E-state index in [4.69, 9.17) is 5.73 Å². The lowest BCUT2D eigenvalue weighted by atomic mass is 10.1. The van der Waals surface area contributed by atoms with E-state index in [1.54, 1.807) is 12.3 Å². The third kappa shape index (κ3) is 4.84. The number of nitrogens with two attached hydrogens (primary N) is 1. The highest BCUT2D eigenvalue weighted by atomic mass is 32.2. The van der Waals surface area contributed by atoms with E-state index in [1.165, 1.54) is 35.6 Å². The summed E-state index contributed by atoms with van der Waals surface area (Å²) in [5, 5.41) is 5.08. The number of nitrogens with one attached hydrogen (secondary N) is 2. The van der Waals surface area contributed by atoms with Crippen LogP contribution in [0.15, 0.2) is 52.7 Å². The van der Waals surface area contributed by atoms with Crippen molar-refractivity contribution in [3.8, 4) is 0 Å². The Morgan fingerprint density at radius 3 is 2.30 bits per heavy atom. The molecule has 2 aromatic heterocycles. The van der Waals surface area contributed by atoms with Crippen LogP contribution in [0.4, 0.5) is 30.5 Å². The Bertz CT molecular complexity index is 1430. The SMILES string of the molecule is Cc1csc(NS(=O)(=O)c2ccc(Nc3nc(N)c(C(=O)c4c(F)cccc4F)s3)cc2)n1. The van der Waals surface area contributed by atoms with Crippen LogP contribution in [0.2, 0.25) is 0 Å². The van der Waals surface area contributed by atoms with E-state index in [2.05, 4.69) is 20.0 Å². The van der Waals surface area contributed by atoms with Gasteiger partial charge in [0.15, 0.2) is 10.3 Å². The van der Waals surface area contributed by atoms with Crippen molar-refractivity contribution in [1.82, 2.24) is 9.97 Å². The maximum absolute atomic E-state index is 14.0. The van der Waals surface area contributed by atoms with Gasteiger partial charge in [0.05, 0.1) is 16.2 Å². The molecule has 0 bridgehead atoms. The van der Waals surface area contributed by atoms with Crippen molar-refractivity contribution < 1.29 is 22.0 Å². The fraction of sp³-hybridized carbons (Fsp3) is 0.0500. The summed E-state index contributed by atoms with van der Waals surface area (Å²) in [4.78, 5) is 20.6. The molecule has 170 valence electrons. The molecule has 0 aliphatic rings. The molecule has 0 radical (unpaired) electrons. The fourth-order valence-corrected chi connectivity index (χ4v) is 5.58. The lowest BCUT2D eigenvalue weighted by Crippen LogP contribution is -2.12. The van der Waals surface area contributed by atoms with Gasteiger partial charge in [0.25, 0.3) is 10.0 Å². The lowest BCUT2D eigenvalue weighted by molar-refractivity contribution is 0.103. The molecule has 0 aliphatic heterocycles. The van der Waals surface area contributed by atoms with Crippen LogP contribution >= 0.6 is 22.7 Å². The Kier molecular flexibility index (Phi) is 6.10. The Morgan fingerprint density at radius 1 is 1.03 bits per heavy atom. The van der Waals surface area contributed by atoms with Gasteiger partial charge in [-0.2, -0.15) is 0 Å². The van der Waals surface area contributed by atoms with Crippen molar-refractivity contribution in [2.75, 3.05) is 15.8 Å². The van der Waals surface area contributed by atoms with E-state index in [9.17, 15) is 22.0 Å². The van der Waals surface area contributed by atoms with Crippen LogP contribution < -0.4 is 15.8 Å². The van der Waals surface area contributed by atoms with Crippen molar-refractivity contribution in [3.63, 3.8) is 0 Å². The number of ketones is 1. The Morgan fingerprint density at radius 2 is 1.70 bits per heavy atom. The minimum atomic E-state index is -3.82. The number of hydrogen-bond donors (Lipinski definition) is 3. The number of nitrogen functional groups attached to an aromatic ring is 1. The van der Waals surface area contributed by atoms with Crippen LogP contribution in [0.5, 0.6) is 0 Å². The van der Waals surface area contributed by atoms with Gasteiger partial charge in [-0.3, -0.25) is 9.52 Å². The van der Waals surface area contributed by atoms with Crippen LogP contribution in [0.3, 0.4) is 0 Å². The second kappa shape index (κ2) is 8.84. The number of anilines is 4. The minimum absolute atomic E-state index is 0.0189. The predicted octanol–water partition coefficient (Wildman–Crippen LogP) is 4.54. The van der Waals surface area contributed by atoms with Crippen LogP contribution in [0.25, 0.3) is 0 Å². The second-order valence-corrected chi connectivity index (χ2v) is 10.2. The van der Waals surface area contributed by atoms with Crippen molar-refractivity contribution in [2.45, 2.75) is 11.8 Å². The molecule has 0 atom stereocenters. The summed E-state index contributed by atoms with van der Waals surface area (Å²) in [7, 11) is -3.82. The van der Waals surface area contributed by atoms with Gasteiger partial charge < -0.3 is 11.1 Å². The van der Waals surface area contributed by atoms with Gasteiger partial charge >= 0.3 is 0 Å². The summed E-state index contributed by atoms with van der Waals surface area (Å²) in [5.41, 5.74) is 6.25. The number of thiazole rings is 2. The standard InChI is InChI=1S/C20H15F2N5O3S3/c1-10-9-31-20(24-10)27-33(29,30)12-7-5-11(6-8-12)25-19-26-18(23)17(32-19)16(28)15-13(21)3-2-4-14(15)22/h2-9H,23H2,1H3,(H,24,27)(H,25,26). The number of halogens is 2. The number of carbonyl (C=O) groups excluding carboxylic acids is 1. The topological polar surface area (TPSA) is 127 Å². The maximum atomic E-state index is 14.0. The normalized spacial score (nSPS) is 11.4. The third-order valence-corrected chi connectivity index (χ3v) is 7.65. The molecule has 0 unspecified atom stereocenters. The summed E-state index contributed by atoms with van der Waals surface area (Å²) in [6.07, 6.45) is 0. The van der Waals surface area contributed by atoms with Gasteiger partial charge in [-0.05, 0) is 43.3 Å². The molecule has 0 spiro atoms. The van der Waals surface area contributed by atoms with Gasteiger partial charge in [0.1, 0.15) is 22.3 Å². The summed E-state index contributed by atoms with van der Waals surface area (Å²) >= 11 is 2.00. The first-order valence-electron chi connectivity index (χ1n) is 9.21. The van der Waals surface area contributed by atoms with Crippen molar-refractivity contribution >= 4 is 60.2 Å². The summed E-state index contributed by atoms with van der Waals surface area (Å²) in [5.74, 6) is -3.10. The van der Waals surface area contributed by atoms with Crippen LogP contribution in [-0.4, -0.2) is 24.2 Å². The quantitative estimate of drug-likeness (QED) is 0.313. The first kappa shape index (κ1) is 22.8. The Balaban J connectivity index is 1.52. The smallest absolute Gasteiger partial charge is 0.263 e. The molecule has 0 saturated heterocycles. The predicted molar refractivity (Wildman–Crippen MR) is 124 cm³/mol. The van der Waals surface area contributed by atoms with Gasteiger partial charge in [0.2, 0.25) is 5.78 Å². The average molecular weight is 508 g/mol. The van der Waals surface area contributed by atoms with E-state index in [0.29, 0.717) is 11.4 Å². The van der Waals surface area contributed by atoms with E-state index in [1.807, 2.05) is 0 Å². The largest absolute Gasteiger partial charge is 0.382 e. The minimum Gasteiger partial charge on any atom is -0.382 e. The molecule has 0 aliphatic carbocycles. The number of aromatic nitrogens is 2. The molecule has 4 rings (SSSR count). The van der Waals surface area contributed by atoms with E-state index >= 15 is 0 Å². The number of hydrogen-bond acceptors (Lipinski definition) is 9. The second-order valence-electron chi connectivity index (χ2n) is 6.71. The summed E-state index contributed by atoms with van der Waals surface area (Å²) < 4.78 is 55.3. The number of sulfonamides is 1. The fourth-order valence-electron chi connectivity index (χ4n) is 2.79. The Labute approximate surface area is 195 Å². The summed E-state index contributed by atoms with van der Waals surface area (Å²) in [6.45, 7) is 1.76. The van der Waals surface area contributed by atoms with E-state index < -0.39 is 33.0 Å². The molecular weight excluding hydrogens is 492 g/mol. The number of aryl methyl sites for hydroxylation is 1. The van der Waals surface area contributed by atoms with Gasteiger partial charge in [-0.15, -0.1) is 11.3 Å². The highest BCUT2D eigenvalue weighted by Gasteiger charge is 2.24. The number of benzene rings is 2. The molecule has 0 fully saturated rings. The lowest BCUT2D eigenvalue weighted by Gasteiger charge is -2.07. The zero-order valence-electron chi connectivity index (χ0n) is 16.8. The Hall–Kier alpha value is -3.42. The zero-order chi connectivity index (χ0) is 23.8. The average Bonchev–Trinajstić information content (AvgIpc) is 3.32. The first-order chi connectivity index (χ1) is 15.6. The number of rotatable bonds is 7. The molecule has 4 N–H and O–H groups in total. The molecule has 0 saturated carbocycles. The summed E-state index contributed by atoms with van der Waals surface area (Å²) in [6, 6.07) is 8.86. The monoisotopic (exact) mass is 507 g/mol. The van der Waals surface area contributed by atoms with Gasteiger partial charge in [-0.25, -0.2) is 27.2 Å². The van der Waals surface area contributed by atoms with Gasteiger partial charge in [0, 0.05) is 11.1 Å². The zero-order valence-corrected chi connectivity index (χ0v) is 19.2. The molecule has 33 heavy (non-hydrogen) atoms. The number of nitrogens with zero attached hydrogens (tertiary/aromatic N) is 2. The van der Waals surface area contributed by atoms with Crippen molar-refractivity contribution in [1.29, 1.82) is 0 Å². The van der Waals surface area contributed by atoms with E-state index in [-0.39, 0.29) is 25.9 Å². The highest BCUT2D eigenvalue weighted by Crippen LogP contribution is 2.31. The van der Waals surface area contributed by atoms with Crippen molar-refractivity contribution in [2.24, 2.45) is 0 Å². The molecular formula is C20H15F2N5O3S3. The van der Waals surface area contributed by atoms with Crippen LogP contribution in [0, 0.1) is 18.6 Å². The van der Waals surface area contributed by atoms with Crippen LogP contribution in [0.1, 0.15) is 20.9 Å². The molecule has 0 amide bonds. The molecule has 2 heterocycles. The third-order valence-electron chi connectivity index (χ3n) is 4.31. The van der Waals surface area contributed by atoms with E-state index in [0.717, 1.165) is 29.5 Å². The molecule has 4 aromatic rings. The molecule has 8 nitrogen and oxygen atoms in total. The number of carbonyl (C=O) groups is 1. The first-order valence-corrected chi connectivity index (χ1v) is 12.4. The molecule has 13 heteroatoms. The molecule has 2 aromatic carbocycles. The van der Waals surface area contributed by atoms with Crippen LogP contribution in [-0.2, 0) is 10.0 Å². The van der Waals surface area contributed by atoms with Crippen molar-refractivity contribution in [3.05, 3.63) is 75.6 Å². The highest BCUT2D eigenvalue weighted by molar-refractivity contribution is 7.93. The maximum Gasteiger partial charge on any atom is 0.263 e. The van der Waals surface area contributed by atoms with Gasteiger partial charge in [-0.1, -0.05) is 17.4 Å².